The molecule has 0 unspecified atom stereocenters. The maximum Gasteiger partial charge on any atom is 0.291 e. The van der Waals surface area contributed by atoms with Crippen molar-refractivity contribution in [3.63, 3.8) is 0 Å². The Bertz CT molecular complexity index is 819. The van der Waals surface area contributed by atoms with Crippen LogP contribution in [0.25, 0.3) is 11.0 Å². The van der Waals surface area contributed by atoms with Crippen LogP contribution in [-0.2, 0) is 0 Å². The van der Waals surface area contributed by atoms with Crippen LogP contribution in [-0.4, -0.2) is 14.6 Å². The van der Waals surface area contributed by atoms with Gasteiger partial charge in [-0.1, -0.05) is 40.6 Å². The molecule has 0 bridgehead atoms. The van der Waals surface area contributed by atoms with Gasteiger partial charge in [-0.05, 0) is 18.2 Å². The number of rotatable bonds is 1. The first-order valence-corrected chi connectivity index (χ1v) is 6.52. The fourth-order valence-corrected chi connectivity index (χ4v) is 2.93. The molecule has 0 radical (unpaired) electrons. The number of hydrogen-bond donors (Lipinski definition) is 0. The van der Waals surface area contributed by atoms with Crippen LogP contribution in [0.4, 0.5) is 0 Å². The van der Waals surface area contributed by atoms with E-state index in [4.69, 9.17) is 23.2 Å². The molecule has 2 aromatic heterocycles. The number of aromatic nitrogens is 3. The molecule has 0 fully saturated rings. The molecule has 3 rings (SSSR count). The Morgan fingerprint density at radius 2 is 2.00 bits per heavy atom. The molecule has 0 aliphatic carbocycles. The Morgan fingerprint density at radius 1 is 1.28 bits per heavy atom. The third-order valence-corrected chi connectivity index (χ3v) is 4.03. The van der Waals surface area contributed by atoms with E-state index in [2.05, 4.69) is 10.1 Å². The minimum Gasteiger partial charge on any atom is -0.266 e. The van der Waals surface area contributed by atoms with Crippen molar-refractivity contribution in [3.8, 4) is 0 Å². The Kier molecular flexibility index (Phi) is 2.81. The highest BCUT2D eigenvalue weighted by Gasteiger charge is 2.07. The van der Waals surface area contributed by atoms with E-state index >= 15 is 0 Å². The molecule has 2 heterocycles. The fraction of sp³-hybridized carbons (Fsp3) is 0. The van der Waals surface area contributed by atoms with Crippen LogP contribution in [0.15, 0.2) is 29.3 Å². The molecule has 4 nitrogen and oxygen atoms in total. The quantitative estimate of drug-likeness (QED) is 0.690. The molecule has 0 aliphatic rings. The molecular weight excluding hydrogens is 293 g/mol. The average molecular weight is 298 g/mol. The van der Waals surface area contributed by atoms with E-state index in [1.54, 1.807) is 24.3 Å². The zero-order chi connectivity index (χ0) is 12.7. The zero-order valence-corrected chi connectivity index (χ0v) is 11.1. The van der Waals surface area contributed by atoms with Crippen molar-refractivity contribution < 1.29 is 0 Å². The van der Waals surface area contributed by atoms with Crippen LogP contribution < -0.4 is 10.1 Å². The summed E-state index contributed by atoms with van der Waals surface area (Å²) >= 11 is 13.4. The molecule has 0 N–H and O–H groups in total. The van der Waals surface area contributed by atoms with Crippen molar-refractivity contribution in [2.75, 3.05) is 0 Å². The molecule has 18 heavy (non-hydrogen) atoms. The van der Waals surface area contributed by atoms with Gasteiger partial charge in [0, 0.05) is 15.6 Å². The van der Waals surface area contributed by atoms with Gasteiger partial charge >= 0.3 is 0 Å². The average Bonchev–Trinajstić information content (AvgIpc) is 2.89. The summed E-state index contributed by atoms with van der Waals surface area (Å²) in [5, 5.41) is 4.84. The summed E-state index contributed by atoms with van der Waals surface area (Å²) in [7, 11) is 0. The topological polar surface area (TPSA) is 47.3 Å². The predicted octanol–water partition coefficient (Wildman–Crippen LogP) is 2.01. The van der Waals surface area contributed by atoms with Gasteiger partial charge in [0.1, 0.15) is 6.33 Å². The van der Waals surface area contributed by atoms with E-state index < -0.39 is 0 Å². The minimum absolute atomic E-state index is 0.219. The summed E-state index contributed by atoms with van der Waals surface area (Å²) in [6, 6.07) is 5.20. The number of thiazole rings is 1. The maximum atomic E-state index is 12.0. The van der Waals surface area contributed by atoms with E-state index in [1.807, 2.05) is 0 Å². The summed E-state index contributed by atoms with van der Waals surface area (Å²) in [5.74, 6) is 0. The minimum atomic E-state index is -0.219. The Hall–Kier alpha value is -1.43. The summed E-state index contributed by atoms with van der Waals surface area (Å²) < 4.78 is 1.75. The first kappa shape index (κ1) is 11.6. The maximum absolute atomic E-state index is 12.0. The normalized spacial score (nSPS) is 12.4. The number of halogens is 2. The van der Waals surface area contributed by atoms with Crippen LogP contribution in [0, 0.1) is 0 Å². The molecule has 0 saturated heterocycles. The predicted molar refractivity (Wildman–Crippen MR) is 72.4 cm³/mol. The first-order valence-electron chi connectivity index (χ1n) is 4.95. The first-order chi connectivity index (χ1) is 8.66. The van der Waals surface area contributed by atoms with Gasteiger partial charge in [0.05, 0.1) is 4.53 Å². The largest absolute Gasteiger partial charge is 0.291 e. The molecular formula is C11H5Cl2N3OS. The van der Waals surface area contributed by atoms with Crippen molar-refractivity contribution >= 4 is 45.6 Å². The van der Waals surface area contributed by atoms with Gasteiger partial charge in [-0.25, -0.2) is 4.98 Å². The molecule has 0 spiro atoms. The third-order valence-electron chi connectivity index (χ3n) is 2.40. The number of benzene rings is 1. The van der Waals surface area contributed by atoms with Gasteiger partial charge in [0.2, 0.25) is 4.96 Å². The second-order valence-corrected chi connectivity index (χ2v) is 5.33. The Morgan fingerprint density at radius 3 is 2.67 bits per heavy atom. The van der Waals surface area contributed by atoms with Crippen molar-refractivity contribution in [1.82, 2.24) is 14.6 Å². The van der Waals surface area contributed by atoms with E-state index in [0.717, 1.165) is 0 Å². The van der Waals surface area contributed by atoms with Crippen molar-refractivity contribution in [2.45, 2.75) is 0 Å². The number of nitrogens with zero attached hydrogens (tertiary/aromatic N) is 3. The zero-order valence-electron chi connectivity index (χ0n) is 8.80. The van der Waals surface area contributed by atoms with Crippen molar-refractivity contribution in [3.05, 3.63) is 55.0 Å². The third kappa shape index (κ3) is 1.80. The summed E-state index contributed by atoms with van der Waals surface area (Å²) in [4.78, 5) is 16.5. The standard InChI is InChI=1S/C11H5Cl2N3OS/c12-7-2-1-3-8(13)6(7)4-9-10(17)16-11(18-9)14-5-15-16/h1-5H/b9-4-. The van der Waals surface area contributed by atoms with E-state index in [-0.39, 0.29) is 5.56 Å². The van der Waals surface area contributed by atoms with Gasteiger partial charge < -0.3 is 0 Å². The summed E-state index contributed by atoms with van der Waals surface area (Å²) in [6.45, 7) is 0. The molecule has 0 amide bonds. The molecule has 0 atom stereocenters. The van der Waals surface area contributed by atoms with Gasteiger partial charge in [-0.15, -0.1) is 0 Å². The molecule has 0 aliphatic heterocycles. The lowest BCUT2D eigenvalue weighted by Crippen LogP contribution is -2.23. The fourth-order valence-electron chi connectivity index (χ4n) is 1.56. The highest BCUT2D eigenvalue weighted by Crippen LogP contribution is 2.24. The highest BCUT2D eigenvalue weighted by atomic mass is 35.5. The summed E-state index contributed by atoms with van der Waals surface area (Å²) in [6.07, 6.45) is 3.01. The lowest BCUT2D eigenvalue weighted by atomic mass is 10.2. The van der Waals surface area contributed by atoms with Crippen molar-refractivity contribution in [2.24, 2.45) is 0 Å². The lowest BCUT2D eigenvalue weighted by molar-refractivity contribution is 0.932. The monoisotopic (exact) mass is 297 g/mol. The van der Waals surface area contributed by atoms with Crippen LogP contribution in [0.5, 0.6) is 0 Å². The van der Waals surface area contributed by atoms with E-state index in [9.17, 15) is 4.79 Å². The number of fused-ring (bicyclic) bond motifs is 1. The second kappa shape index (κ2) is 4.35. The lowest BCUT2D eigenvalue weighted by Gasteiger charge is -1.99. The Balaban J connectivity index is 2.31. The molecule has 3 aromatic rings. The molecule has 90 valence electrons. The molecule has 0 saturated carbocycles. The van der Waals surface area contributed by atoms with Crippen LogP contribution >= 0.6 is 34.5 Å². The molecule has 7 heteroatoms. The van der Waals surface area contributed by atoms with Gasteiger partial charge in [-0.2, -0.15) is 9.61 Å². The smallest absolute Gasteiger partial charge is 0.266 e. The van der Waals surface area contributed by atoms with Gasteiger partial charge in [0.15, 0.2) is 0 Å². The highest BCUT2D eigenvalue weighted by molar-refractivity contribution is 7.15. The van der Waals surface area contributed by atoms with Gasteiger partial charge in [-0.3, -0.25) is 4.79 Å². The number of hydrogen-bond acceptors (Lipinski definition) is 4. The van der Waals surface area contributed by atoms with Crippen LogP contribution in [0.1, 0.15) is 5.56 Å². The Labute approximate surface area is 115 Å². The SMILES string of the molecule is O=c1/c(=C/c2c(Cl)cccc2Cl)sc2ncnn12. The van der Waals surface area contributed by atoms with Crippen LogP contribution in [0.2, 0.25) is 10.0 Å². The molecule has 1 aromatic carbocycles. The van der Waals surface area contributed by atoms with Crippen molar-refractivity contribution in [1.29, 1.82) is 0 Å². The van der Waals surface area contributed by atoms with Gasteiger partial charge in [0.25, 0.3) is 5.56 Å². The van der Waals surface area contributed by atoms with Crippen LogP contribution in [0.3, 0.4) is 0 Å². The summed E-state index contributed by atoms with van der Waals surface area (Å²) in [5.41, 5.74) is 0.408. The van der Waals surface area contributed by atoms with E-state index in [0.29, 0.717) is 25.1 Å². The van der Waals surface area contributed by atoms with E-state index in [1.165, 1.54) is 22.2 Å². The second-order valence-electron chi connectivity index (χ2n) is 3.51.